The lowest BCUT2D eigenvalue weighted by molar-refractivity contribution is -0.143. The van der Waals surface area contributed by atoms with Gasteiger partial charge in [-0.3, -0.25) is 42.9 Å². The Balaban J connectivity index is 0.000000335. The fourth-order valence-corrected chi connectivity index (χ4v) is 9.66. The maximum absolute atomic E-state index is 14.0. The number of carboxylic acids is 2. The molecule has 556 valence electrons. The van der Waals surface area contributed by atoms with E-state index in [0.29, 0.717) is 63.3 Å². The van der Waals surface area contributed by atoms with Crippen molar-refractivity contribution in [1.29, 1.82) is 0 Å². The minimum Gasteiger partial charge on any atom is -0.480 e. The van der Waals surface area contributed by atoms with Crippen LogP contribution in [0.2, 0.25) is 20.1 Å². The van der Waals surface area contributed by atoms with Gasteiger partial charge in [0.1, 0.15) is 53.3 Å². The monoisotopic (exact) mass is 1510 g/mol. The molecule has 0 aliphatic carbocycles. The summed E-state index contributed by atoms with van der Waals surface area (Å²) in [7, 11) is 0. The van der Waals surface area contributed by atoms with Crippen LogP contribution in [0, 0.1) is 28.7 Å². The number of aliphatic carboxylic acids is 2. The molecule has 0 aliphatic rings. The predicted octanol–water partition coefficient (Wildman–Crippen LogP) is 13.3. The first-order valence-corrected chi connectivity index (χ1v) is 33.2. The number of halogens is 8. The Kier molecular flexibility index (Phi) is 33.1. The number of carbonyl (C=O) groups is 9. The van der Waals surface area contributed by atoms with Gasteiger partial charge in [0.05, 0.1) is 42.2 Å². The predicted molar refractivity (Wildman–Crippen MR) is 389 cm³/mol. The van der Waals surface area contributed by atoms with Crippen molar-refractivity contribution < 1.29 is 75.7 Å². The average Bonchev–Trinajstić information content (AvgIpc) is 1.65. The zero-order valence-electron chi connectivity index (χ0n) is 59.0. The molecule has 0 fully saturated rings. The fraction of sp³-hybridized carbons (Fsp3) is 0.356. The molecule has 4 amide bonds. The van der Waals surface area contributed by atoms with Crippen LogP contribution in [-0.4, -0.2) is 105 Å². The smallest absolute Gasteiger partial charge is 0.408 e. The zero-order chi connectivity index (χ0) is 78.3. The second kappa shape index (κ2) is 38.8. The van der Waals surface area contributed by atoms with E-state index in [4.69, 9.17) is 84.3 Å². The summed E-state index contributed by atoms with van der Waals surface area (Å²) in [6.07, 6.45) is 0.762. The quantitative estimate of drug-likeness (QED) is 0.0310. The minimum atomic E-state index is -1.32. The van der Waals surface area contributed by atoms with Gasteiger partial charge < -0.3 is 48.5 Å². The normalized spacial score (nSPS) is 11.3. The van der Waals surface area contributed by atoms with Crippen molar-refractivity contribution in [1.82, 2.24) is 30.2 Å². The van der Waals surface area contributed by atoms with Gasteiger partial charge in [0.15, 0.2) is 23.0 Å². The van der Waals surface area contributed by atoms with E-state index in [1.807, 2.05) is 20.8 Å². The highest BCUT2D eigenvalue weighted by Crippen LogP contribution is 2.26. The molecule has 12 N–H and O–H groups in total. The zero-order valence-corrected chi connectivity index (χ0v) is 62.0. The number of alkyl carbamates (subject to hydrolysis) is 1. The third kappa shape index (κ3) is 28.1. The first-order chi connectivity index (χ1) is 47.6. The number of nitrogens with one attached hydrogen (secondary N) is 2. The lowest BCUT2D eigenvalue weighted by atomic mass is 9.87. The van der Waals surface area contributed by atoms with Gasteiger partial charge >= 0.3 is 18.0 Å². The number of ether oxygens (including phenoxy) is 1. The van der Waals surface area contributed by atoms with Crippen molar-refractivity contribution in [2.24, 2.45) is 28.3 Å². The van der Waals surface area contributed by atoms with Gasteiger partial charge in [-0.2, -0.15) is 10.2 Å². The molecule has 8 rings (SSSR count). The molecule has 0 aliphatic heterocycles. The number of amides is 4. The summed E-state index contributed by atoms with van der Waals surface area (Å²) in [5.41, 5.74) is 20.1. The number of carboxylic acid groups (broad SMARTS) is 2. The molecule has 30 heteroatoms. The third-order valence-electron chi connectivity index (χ3n) is 14.6. The van der Waals surface area contributed by atoms with Crippen LogP contribution in [0.1, 0.15) is 146 Å². The highest BCUT2D eigenvalue weighted by Gasteiger charge is 2.32. The van der Waals surface area contributed by atoms with Crippen LogP contribution in [0.25, 0.3) is 21.8 Å². The largest absolute Gasteiger partial charge is 0.480 e. The van der Waals surface area contributed by atoms with Crippen molar-refractivity contribution in [2.45, 2.75) is 163 Å². The third-order valence-corrected chi connectivity index (χ3v) is 15.8. The number of aryl methyl sites for hydroxylation is 3. The molecule has 8 aromatic rings. The summed E-state index contributed by atoms with van der Waals surface area (Å²) in [5.74, 6) is -6.00. The summed E-state index contributed by atoms with van der Waals surface area (Å²) in [6, 6.07) is 32.8. The standard InChI is InChI=1S/C22H22ClFN4O3.C13H16ClFO.C12H15ClFNO.C10H9N3O3.C9H17NO4.C7H7ClFN/c1-22(2,17(29)11-10-13-6-5-8-15(23)19(13)24)26-18(30)12-28-16-9-4-3-7-14(16)20(27-28)21(25)31;1-13(2,3)11(16)8-7-9-5-4-6-10(14)12(9)15;1-12(2,15)10(16)7-6-8-4-3-5-9(13)11(8)14;11-10(16)9-6-3-1-2-4-7(6)13(12-9)5-8(14)15;1-8(2,3)14-7(13)10-9(4,5)6(11)12;8-6-3-1-2-5(4-10)7(6)9/h3-9H,10-12H2,1-2H3,(H2,25,31)(H,26,30);4-6H,7-8H2,1-3H3;3-5H,6-7,15H2,1-2H3;1-4H,5H2,(H2,11,16)(H,14,15);1-5H3,(H,10,13)(H,11,12);1-3H,4,10H2. The molecular formula is C73H86Cl4F4N10O12. The van der Waals surface area contributed by atoms with Crippen molar-refractivity contribution >= 4 is 121 Å². The highest BCUT2D eigenvalue weighted by atomic mass is 35.5. The maximum Gasteiger partial charge on any atom is 0.408 e. The molecule has 22 nitrogen and oxygen atoms in total. The van der Waals surface area contributed by atoms with Gasteiger partial charge in [-0.25, -0.2) is 27.2 Å². The number of rotatable bonds is 21. The second-order valence-corrected chi connectivity index (χ2v) is 28.3. The van der Waals surface area contributed by atoms with Crippen molar-refractivity contribution in [3.8, 4) is 0 Å². The number of fused-ring (bicyclic) bond motifs is 2. The van der Waals surface area contributed by atoms with Crippen molar-refractivity contribution in [3.63, 3.8) is 0 Å². The van der Waals surface area contributed by atoms with Crippen LogP contribution in [0.5, 0.6) is 0 Å². The summed E-state index contributed by atoms with van der Waals surface area (Å²) in [5, 5.41) is 31.8. The molecule has 0 radical (unpaired) electrons. The van der Waals surface area contributed by atoms with Crippen LogP contribution in [0.15, 0.2) is 121 Å². The van der Waals surface area contributed by atoms with Gasteiger partial charge in [0.2, 0.25) is 5.91 Å². The molecule has 6 aromatic carbocycles. The van der Waals surface area contributed by atoms with E-state index in [1.54, 1.807) is 146 Å². The van der Waals surface area contributed by atoms with Crippen LogP contribution in [0.3, 0.4) is 0 Å². The highest BCUT2D eigenvalue weighted by molar-refractivity contribution is 6.31. The van der Waals surface area contributed by atoms with Crippen LogP contribution in [-0.2, 0) is 72.4 Å². The van der Waals surface area contributed by atoms with Gasteiger partial charge in [-0.05, 0) is 135 Å². The molecule has 2 heterocycles. The molecular weight excluding hydrogens is 1430 g/mol. The van der Waals surface area contributed by atoms with Gasteiger partial charge in [-0.1, -0.05) is 152 Å². The molecule has 2 aromatic heterocycles. The number of nitrogens with two attached hydrogens (primary N) is 4. The Morgan fingerprint density at radius 3 is 1.16 bits per heavy atom. The van der Waals surface area contributed by atoms with E-state index in [-0.39, 0.29) is 93.1 Å². The molecule has 0 atom stereocenters. The summed E-state index contributed by atoms with van der Waals surface area (Å²) in [4.78, 5) is 104. The summed E-state index contributed by atoms with van der Waals surface area (Å²) >= 11 is 22.5. The number of benzene rings is 6. The number of carbonyl (C=O) groups excluding carboxylic acids is 7. The van der Waals surface area contributed by atoms with Gasteiger partial charge in [-0.15, -0.1) is 0 Å². The summed E-state index contributed by atoms with van der Waals surface area (Å²) in [6.45, 7) is 19.6. The number of primary amides is 2. The SMILES string of the molecule is CC(C)(C)C(=O)CCc1cccc(Cl)c1F.CC(C)(C)OC(=O)NC(C)(C)C(=O)O.CC(C)(N)C(=O)CCc1cccc(Cl)c1F.CC(C)(NC(=O)Cn1nc(C(N)=O)c2ccccc21)C(=O)CCc1cccc(Cl)c1F.NC(=O)c1nn(CC(=O)O)c2ccccc12.NCc1cccc(Cl)c1F. The fourth-order valence-electron chi connectivity index (χ4n) is 8.88. The topological polar surface area (TPSA) is 367 Å². The molecule has 0 unspecified atom stereocenters. The maximum atomic E-state index is 14.0. The Labute approximate surface area is 614 Å². The first-order valence-electron chi connectivity index (χ1n) is 31.7. The Bertz CT molecular complexity index is 4280. The van der Waals surface area contributed by atoms with Gasteiger partial charge in [0.25, 0.3) is 11.8 Å². The summed E-state index contributed by atoms with van der Waals surface area (Å²) < 4.78 is 61.3. The molecule has 0 spiro atoms. The van der Waals surface area contributed by atoms with E-state index >= 15 is 0 Å². The van der Waals surface area contributed by atoms with Crippen LogP contribution < -0.4 is 33.6 Å². The van der Waals surface area contributed by atoms with E-state index < -0.39 is 81.2 Å². The van der Waals surface area contributed by atoms with E-state index in [1.165, 1.54) is 47.5 Å². The minimum absolute atomic E-state index is 0.000656. The van der Waals surface area contributed by atoms with Crippen molar-refractivity contribution in [3.05, 3.63) is 198 Å². The first kappa shape index (κ1) is 87.9. The Morgan fingerprint density at radius 2 is 0.825 bits per heavy atom. The molecule has 0 saturated carbocycles. The lowest BCUT2D eigenvalue weighted by Crippen LogP contribution is -2.51. The molecule has 103 heavy (non-hydrogen) atoms. The van der Waals surface area contributed by atoms with Crippen LogP contribution in [0.4, 0.5) is 22.4 Å². The Morgan fingerprint density at radius 1 is 0.476 bits per heavy atom. The van der Waals surface area contributed by atoms with E-state index in [2.05, 4.69) is 20.8 Å². The Hall–Kier alpha value is -9.31. The average molecular weight is 1510 g/mol. The van der Waals surface area contributed by atoms with E-state index in [0.717, 1.165) is 0 Å². The number of nitrogens with zero attached hydrogens (tertiary/aromatic N) is 4. The second-order valence-electron chi connectivity index (χ2n) is 26.7. The van der Waals surface area contributed by atoms with E-state index in [9.17, 15) is 60.7 Å². The number of aromatic nitrogens is 4. The van der Waals surface area contributed by atoms with Crippen LogP contribution >= 0.6 is 46.4 Å². The number of hydrogen-bond acceptors (Lipinski definition) is 14. The number of Topliss-reactive ketones (excluding diaryl/α,β-unsaturated/α-hetero) is 3. The lowest BCUT2D eigenvalue weighted by Gasteiger charge is -2.25. The number of para-hydroxylation sites is 2. The number of hydrogen-bond donors (Lipinski definition) is 8. The number of ketones is 3. The molecule has 0 saturated heterocycles. The van der Waals surface area contributed by atoms with Gasteiger partial charge in [0, 0.05) is 47.6 Å². The van der Waals surface area contributed by atoms with Crippen molar-refractivity contribution in [2.75, 3.05) is 0 Å². The molecule has 0 bridgehead atoms.